The summed E-state index contributed by atoms with van der Waals surface area (Å²) in [6.07, 6.45) is 2.72. The second-order valence-corrected chi connectivity index (χ2v) is 4.60. The molecule has 1 aromatic carbocycles. The molecule has 120 valence electrons. The molecular formula is C17H17NO5. The first kappa shape index (κ1) is 16.5. The van der Waals surface area contributed by atoms with Crippen LogP contribution < -0.4 is 5.43 Å². The molecule has 0 saturated heterocycles. The molecule has 6 heteroatoms. The summed E-state index contributed by atoms with van der Waals surface area (Å²) in [6.45, 7) is 3.55. The molecule has 23 heavy (non-hydrogen) atoms. The maximum Gasteiger partial charge on any atom is 0.343 e. The van der Waals surface area contributed by atoms with Crippen LogP contribution in [0.3, 0.4) is 0 Å². The minimum absolute atomic E-state index is 0.132. The Morgan fingerprint density at radius 2 is 1.39 bits per heavy atom. The number of pyridine rings is 1. The topological polar surface area (TPSA) is 74.6 Å². The molecule has 0 unspecified atom stereocenters. The number of benzene rings is 1. The molecule has 0 aliphatic carbocycles. The van der Waals surface area contributed by atoms with E-state index in [9.17, 15) is 14.4 Å². The van der Waals surface area contributed by atoms with Gasteiger partial charge in [-0.05, 0) is 26.0 Å². The molecule has 0 radical (unpaired) electrons. The van der Waals surface area contributed by atoms with Gasteiger partial charge in [0.1, 0.15) is 11.1 Å². The second kappa shape index (κ2) is 7.40. The lowest BCUT2D eigenvalue weighted by Crippen LogP contribution is -2.26. The van der Waals surface area contributed by atoms with Crippen molar-refractivity contribution in [2.75, 3.05) is 13.2 Å². The molecule has 0 saturated carbocycles. The average molecular weight is 315 g/mol. The van der Waals surface area contributed by atoms with Crippen molar-refractivity contribution in [3.63, 3.8) is 0 Å². The highest BCUT2D eigenvalue weighted by Crippen LogP contribution is 2.10. The Hall–Kier alpha value is -2.89. The summed E-state index contributed by atoms with van der Waals surface area (Å²) in [5, 5.41) is 0. The summed E-state index contributed by atoms with van der Waals surface area (Å²) in [5.41, 5.74) is -0.416. The third-order valence-electron chi connectivity index (χ3n) is 3.07. The molecular weight excluding hydrogens is 298 g/mol. The summed E-state index contributed by atoms with van der Waals surface area (Å²) < 4.78 is 11.3. The minimum Gasteiger partial charge on any atom is -0.462 e. The number of esters is 2. The summed E-state index contributed by atoms with van der Waals surface area (Å²) >= 11 is 0. The first-order valence-electron chi connectivity index (χ1n) is 7.24. The predicted octanol–water partition coefficient (Wildman–Crippen LogP) is 2.19. The first-order chi connectivity index (χ1) is 11.1. The van der Waals surface area contributed by atoms with Gasteiger partial charge in [0.25, 0.3) is 0 Å². The fourth-order valence-corrected chi connectivity index (χ4v) is 2.04. The highest BCUT2D eigenvalue weighted by Gasteiger charge is 2.21. The van der Waals surface area contributed by atoms with Crippen molar-refractivity contribution in [2.45, 2.75) is 13.8 Å². The summed E-state index contributed by atoms with van der Waals surface area (Å²) in [4.78, 5) is 36.4. The van der Waals surface area contributed by atoms with Crippen LogP contribution in [0.1, 0.15) is 34.6 Å². The van der Waals surface area contributed by atoms with Gasteiger partial charge in [0.2, 0.25) is 5.43 Å². The number of carbonyl (C=O) groups is 2. The lowest BCUT2D eigenvalue weighted by Gasteiger charge is -2.11. The number of nitrogens with zero attached hydrogens (tertiary/aromatic N) is 1. The molecule has 1 aromatic heterocycles. The van der Waals surface area contributed by atoms with Gasteiger partial charge in [-0.2, -0.15) is 0 Å². The summed E-state index contributed by atoms with van der Waals surface area (Å²) in [7, 11) is 0. The van der Waals surface area contributed by atoms with E-state index in [1.807, 2.05) is 18.2 Å². The summed E-state index contributed by atoms with van der Waals surface area (Å²) in [5.74, 6) is -1.54. The molecule has 0 bridgehead atoms. The van der Waals surface area contributed by atoms with Crippen LogP contribution in [0.4, 0.5) is 0 Å². The van der Waals surface area contributed by atoms with Crippen LogP contribution in [0, 0.1) is 0 Å². The molecule has 0 spiro atoms. The molecule has 0 aliphatic rings. The van der Waals surface area contributed by atoms with Gasteiger partial charge in [-0.15, -0.1) is 0 Å². The Kier molecular flexibility index (Phi) is 5.30. The average Bonchev–Trinajstić information content (AvgIpc) is 2.56. The molecule has 0 fully saturated rings. The van der Waals surface area contributed by atoms with Crippen molar-refractivity contribution >= 4 is 11.9 Å². The van der Waals surface area contributed by atoms with E-state index in [4.69, 9.17) is 9.47 Å². The van der Waals surface area contributed by atoms with Gasteiger partial charge in [-0.1, -0.05) is 18.2 Å². The number of rotatable bonds is 5. The van der Waals surface area contributed by atoms with E-state index in [1.165, 1.54) is 17.0 Å². The molecule has 0 aliphatic heterocycles. The predicted molar refractivity (Wildman–Crippen MR) is 84.0 cm³/mol. The van der Waals surface area contributed by atoms with Gasteiger partial charge in [0.15, 0.2) is 0 Å². The van der Waals surface area contributed by atoms with E-state index >= 15 is 0 Å². The van der Waals surface area contributed by atoms with E-state index in [2.05, 4.69) is 0 Å². The van der Waals surface area contributed by atoms with E-state index in [-0.39, 0.29) is 24.3 Å². The normalized spacial score (nSPS) is 10.2. The van der Waals surface area contributed by atoms with E-state index in [1.54, 1.807) is 26.0 Å². The Morgan fingerprint density at radius 1 is 0.913 bits per heavy atom. The Morgan fingerprint density at radius 3 is 1.83 bits per heavy atom. The third-order valence-corrected chi connectivity index (χ3v) is 3.07. The number of hydrogen-bond acceptors (Lipinski definition) is 5. The quantitative estimate of drug-likeness (QED) is 0.791. The van der Waals surface area contributed by atoms with Crippen LogP contribution >= 0.6 is 0 Å². The van der Waals surface area contributed by atoms with Crippen molar-refractivity contribution in [1.29, 1.82) is 0 Å². The van der Waals surface area contributed by atoms with Crippen LogP contribution in [0.15, 0.2) is 47.5 Å². The molecule has 0 atom stereocenters. The lowest BCUT2D eigenvalue weighted by atomic mass is 10.1. The Bertz CT molecular complexity index is 722. The summed E-state index contributed by atoms with van der Waals surface area (Å²) in [6, 6.07) is 9.02. The molecule has 2 rings (SSSR count). The monoisotopic (exact) mass is 315 g/mol. The third kappa shape index (κ3) is 3.66. The minimum atomic E-state index is -0.770. The highest BCUT2D eigenvalue weighted by atomic mass is 16.5. The Labute approximate surface area is 133 Å². The van der Waals surface area contributed by atoms with Gasteiger partial charge in [0.05, 0.1) is 13.2 Å². The molecule has 1 heterocycles. The van der Waals surface area contributed by atoms with Crippen molar-refractivity contribution in [3.05, 3.63) is 64.1 Å². The maximum atomic E-state index is 12.4. The van der Waals surface area contributed by atoms with E-state index in [0.29, 0.717) is 5.69 Å². The zero-order valence-corrected chi connectivity index (χ0v) is 12.9. The zero-order chi connectivity index (χ0) is 16.8. The molecule has 0 N–H and O–H groups in total. The fourth-order valence-electron chi connectivity index (χ4n) is 2.04. The van der Waals surface area contributed by atoms with Crippen molar-refractivity contribution in [1.82, 2.24) is 4.57 Å². The molecule has 0 amide bonds. The van der Waals surface area contributed by atoms with Crippen molar-refractivity contribution in [3.8, 4) is 5.69 Å². The zero-order valence-electron chi connectivity index (χ0n) is 12.9. The lowest BCUT2D eigenvalue weighted by molar-refractivity contribution is 0.0520. The number of hydrogen-bond donors (Lipinski definition) is 0. The van der Waals surface area contributed by atoms with Gasteiger partial charge >= 0.3 is 11.9 Å². The van der Waals surface area contributed by atoms with Crippen LogP contribution in [-0.2, 0) is 9.47 Å². The van der Waals surface area contributed by atoms with Crippen molar-refractivity contribution in [2.24, 2.45) is 0 Å². The van der Waals surface area contributed by atoms with Gasteiger partial charge in [-0.3, -0.25) is 4.79 Å². The molecule has 2 aromatic rings. The fraction of sp³-hybridized carbons (Fsp3) is 0.235. The van der Waals surface area contributed by atoms with Crippen molar-refractivity contribution < 1.29 is 19.1 Å². The second-order valence-electron chi connectivity index (χ2n) is 4.60. The van der Waals surface area contributed by atoms with E-state index in [0.717, 1.165) is 0 Å². The number of ether oxygens (including phenoxy) is 2. The van der Waals surface area contributed by atoms with Gasteiger partial charge in [0, 0.05) is 18.1 Å². The number of aromatic nitrogens is 1. The standard InChI is InChI=1S/C17H17NO5/c1-3-22-16(20)13-10-18(12-8-6-5-7-9-12)11-14(15(13)19)17(21)23-4-2/h5-11H,3-4H2,1-2H3. The van der Waals surface area contributed by atoms with Crippen LogP contribution in [0.2, 0.25) is 0 Å². The smallest absolute Gasteiger partial charge is 0.343 e. The number of para-hydroxylation sites is 1. The van der Waals surface area contributed by atoms with Crippen LogP contribution in [-0.4, -0.2) is 29.7 Å². The largest absolute Gasteiger partial charge is 0.462 e. The van der Waals surface area contributed by atoms with Gasteiger partial charge < -0.3 is 14.0 Å². The molecule has 6 nitrogen and oxygen atoms in total. The first-order valence-corrected chi connectivity index (χ1v) is 7.24. The van der Waals surface area contributed by atoms with E-state index < -0.39 is 17.4 Å². The maximum absolute atomic E-state index is 12.4. The van der Waals surface area contributed by atoms with Gasteiger partial charge in [-0.25, -0.2) is 9.59 Å². The van der Waals surface area contributed by atoms with Crippen LogP contribution in [0.5, 0.6) is 0 Å². The SMILES string of the molecule is CCOC(=O)c1cn(-c2ccccc2)cc(C(=O)OCC)c1=O. The highest BCUT2D eigenvalue weighted by molar-refractivity contribution is 5.94. The van der Waals surface area contributed by atoms with Crippen LogP contribution in [0.25, 0.3) is 5.69 Å². The Balaban J connectivity index is 2.62. The number of carbonyl (C=O) groups excluding carboxylic acids is 2.